The number of ether oxygens (including phenoxy) is 1. The minimum Gasteiger partial charge on any atom is -0.496 e. The summed E-state index contributed by atoms with van der Waals surface area (Å²) in [6.07, 6.45) is 13.6. The Morgan fingerprint density at radius 1 is 0.391 bits per heavy atom. The molecule has 3 fully saturated rings. The number of benzene rings is 10. The van der Waals surface area contributed by atoms with Gasteiger partial charge in [-0.3, -0.25) is 33.9 Å². The zero-order valence-electron chi connectivity index (χ0n) is 84.3. The second kappa shape index (κ2) is 56.1. The maximum atomic E-state index is 12.8. The number of amides is 4. The molecule has 3 saturated heterocycles. The molecule has 5 N–H and O–H groups in total. The van der Waals surface area contributed by atoms with Crippen LogP contribution in [-0.2, 0) is 45.1 Å². The van der Waals surface area contributed by atoms with Crippen LogP contribution < -0.4 is 31.3 Å². The average Bonchev–Trinajstić information content (AvgIpc) is 1.07. The molecular formula is C118H162N10O5. The van der Waals surface area contributed by atoms with Crippen LogP contribution in [0.2, 0.25) is 0 Å². The number of likely N-dealkylation sites (N-methyl/N-ethyl adjacent to an activating group) is 4. The first kappa shape index (κ1) is 106. The summed E-state index contributed by atoms with van der Waals surface area (Å²) in [5.41, 5.74) is 21.3. The van der Waals surface area contributed by atoms with Crippen LogP contribution in [0, 0.1) is 35.5 Å². The van der Waals surface area contributed by atoms with E-state index in [2.05, 4.69) is 326 Å². The first-order valence-electron chi connectivity index (χ1n) is 49.8. The number of nitrogens with one attached hydrogen (secondary N) is 5. The van der Waals surface area contributed by atoms with Gasteiger partial charge in [-0.1, -0.05) is 291 Å². The first-order chi connectivity index (χ1) is 64.0. The van der Waals surface area contributed by atoms with Gasteiger partial charge < -0.3 is 41.1 Å². The van der Waals surface area contributed by atoms with E-state index in [1.807, 2.05) is 93.0 Å². The summed E-state index contributed by atoms with van der Waals surface area (Å²) in [7, 11) is 10.1. The molecule has 0 bridgehead atoms. The van der Waals surface area contributed by atoms with Crippen LogP contribution in [-0.4, -0.2) is 186 Å². The van der Waals surface area contributed by atoms with E-state index in [1.54, 1.807) is 7.11 Å². The van der Waals surface area contributed by atoms with Crippen molar-refractivity contribution in [3.8, 4) is 50.3 Å². The van der Waals surface area contributed by atoms with E-state index in [0.29, 0.717) is 77.8 Å². The van der Waals surface area contributed by atoms with Gasteiger partial charge in [0.1, 0.15) is 5.75 Å². The third kappa shape index (κ3) is 36.8. The van der Waals surface area contributed by atoms with Gasteiger partial charge in [-0.15, -0.1) is 0 Å². The van der Waals surface area contributed by atoms with Crippen LogP contribution in [0.15, 0.2) is 243 Å². The highest BCUT2D eigenvalue weighted by Crippen LogP contribution is 2.36. The molecule has 10 aromatic rings. The lowest BCUT2D eigenvalue weighted by Gasteiger charge is -2.25. The molecular weight excluding hydrogens is 1640 g/mol. The van der Waals surface area contributed by atoms with E-state index in [9.17, 15) is 19.2 Å². The second-order valence-corrected chi connectivity index (χ2v) is 39.9. The van der Waals surface area contributed by atoms with Crippen molar-refractivity contribution in [1.29, 1.82) is 0 Å². The minimum absolute atomic E-state index is 0.00395. The van der Waals surface area contributed by atoms with Gasteiger partial charge in [-0.05, 0) is 300 Å². The molecule has 2 unspecified atom stereocenters. The van der Waals surface area contributed by atoms with Gasteiger partial charge in [0.15, 0.2) is 0 Å². The van der Waals surface area contributed by atoms with Gasteiger partial charge >= 0.3 is 0 Å². The number of carbonyl (C=O) groups is 4. The summed E-state index contributed by atoms with van der Waals surface area (Å²) in [6, 6.07) is 85.3. The number of hydrogen-bond acceptors (Lipinski definition) is 11. The highest BCUT2D eigenvalue weighted by atomic mass is 16.5. The molecule has 3 aliphatic heterocycles. The van der Waals surface area contributed by atoms with E-state index in [-0.39, 0.29) is 29.7 Å². The average molecular weight is 1800 g/mol. The standard InChI is InChI=1S/C25H34N2O2.C24H32N2O.C24H34N2O.C23H34N2.C22H28N2O/c1-5-27-14-8-12-22(27)17-26-25(28)21-11-6-9-19(16-21)23-13-7-10-20(15-18(2)3)24(23)29-4;1-4-26-13-7-12-23(26)17-25-24(27)22-11-6-10-21(16-22)20-9-5-8-19(15-20)14-18(2)3;1-17(2)13-19-9-7-10-20(14-19)21-11-8-12-22(15-21)24(27)25-23(18(3)4)16-26(5)6;1-20(2)17-22-11-8-12-23(18-22)19-25(16-15-24(3)4)14-13-21-9-6-5-7-10-21;1-16(2)12-17-6-3-7-18(13-17)19-8-4-9-20(14-19)22(25)24-15-21-10-5-11-23-21/h6-7,9-11,13,16,18,22H,5,8,12,14-15,17H2,1-4H3,(H,26,28);5-6,8-11,15-16,18,23H,4,7,12-14,17H2,1-3H3,(H,25,27);7-12,14-15,17-18,23H,13,16H2,1-6H3,(H,25,27);5-12,18,20H,13-17,19H2,1-4H3;3-4,6-9,13-14,16,21,23H,5,10-12,15H2,1-2H3,(H,24,25)/t22-;;23-;;/m0.0../s1. The Labute approximate surface area is 801 Å². The lowest BCUT2D eigenvalue weighted by molar-refractivity contribution is 0.0912. The molecule has 15 nitrogen and oxygen atoms in total. The quantitative estimate of drug-likeness (QED) is 0.0250. The predicted octanol–water partition coefficient (Wildman–Crippen LogP) is 22.9. The normalized spacial score (nSPS) is 15.2. The van der Waals surface area contributed by atoms with Crippen molar-refractivity contribution >= 4 is 23.6 Å². The Bertz CT molecular complexity index is 5150. The first-order valence-corrected chi connectivity index (χ1v) is 49.8. The predicted molar refractivity (Wildman–Crippen MR) is 560 cm³/mol. The fraction of sp³-hybridized carbons (Fsp3) is 0.458. The Morgan fingerprint density at radius 2 is 0.782 bits per heavy atom. The molecule has 0 spiro atoms. The van der Waals surface area contributed by atoms with E-state index in [4.69, 9.17) is 4.74 Å². The van der Waals surface area contributed by atoms with Gasteiger partial charge in [0.2, 0.25) is 0 Å². The Balaban J connectivity index is 0.000000187. The minimum atomic E-state index is -0.00731. The number of para-hydroxylation sites is 1. The fourth-order valence-electron chi connectivity index (χ4n) is 18.2. The molecule has 0 saturated carbocycles. The lowest BCUT2D eigenvalue weighted by atomic mass is 9.95. The molecule has 714 valence electrons. The van der Waals surface area contributed by atoms with Crippen molar-refractivity contribution in [3.63, 3.8) is 0 Å². The van der Waals surface area contributed by atoms with E-state index < -0.39 is 0 Å². The van der Waals surface area contributed by atoms with Gasteiger partial charge in [-0.25, -0.2) is 0 Å². The molecule has 0 aliphatic carbocycles. The van der Waals surface area contributed by atoms with Crippen molar-refractivity contribution < 1.29 is 23.9 Å². The Kier molecular flexibility index (Phi) is 44.8. The largest absolute Gasteiger partial charge is 0.496 e. The second-order valence-electron chi connectivity index (χ2n) is 39.9. The van der Waals surface area contributed by atoms with Crippen molar-refractivity contribution in [2.24, 2.45) is 35.5 Å². The topological polar surface area (TPSA) is 154 Å². The number of nitrogens with zero attached hydrogens (tertiary/aromatic N) is 5. The zero-order valence-corrected chi connectivity index (χ0v) is 84.3. The molecule has 133 heavy (non-hydrogen) atoms. The van der Waals surface area contributed by atoms with Crippen molar-refractivity contribution in [2.45, 2.75) is 205 Å². The van der Waals surface area contributed by atoms with Gasteiger partial charge in [0, 0.05) is 104 Å². The third-order valence-electron chi connectivity index (χ3n) is 25.1. The summed E-state index contributed by atoms with van der Waals surface area (Å²) in [5, 5.41) is 15.9. The summed E-state index contributed by atoms with van der Waals surface area (Å²) in [5.74, 6) is 4.47. The van der Waals surface area contributed by atoms with Crippen LogP contribution in [0.25, 0.3) is 44.5 Å². The molecule has 0 radical (unpaired) electrons. The van der Waals surface area contributed by atoms with Crippen LogP contribution in [0.4, 0.5) is 0 Å². The van der Waals surface area contributed by atoms with Crippen LogP contribution in [0.1, 0.15) is 216 Å². The molecule has 4 atom stereocenters. The van der Waals surface area contributed by atoms with Gasteiger partial charge in [0.05, 0.1) is 7.11 Å². The SMILES string of the molecule is CC(C)Cc1cccc(-c2cccc(C(=O)NCC3CCCN3)c2)c1.CC(C)Cc1cccc(-c2cccc(C(=O)N[C@@H](CN(C)C)C(C)C)c2)c1.CC(C)Cc1cccc(CN(CCc2ccccc2)CCN(C)C)c1.CCN1CCCC1CNC(=O)c1cccc(-c2cccc(CC(C)C)c2)c1.CCN1CCC[C@H]1CNC(=O)c1cccc(-c2cccc(CC(C)C)c2OC)c1. The molecule has 15 heteroatoms. The van der Waals surface area contributed by atoms with Crippen molar-refractivity contribution in [3.05, 3.63) is 304 Å². The fourth-order valence-corrected chi connectivity index (χ4v) is 18.2. The maximum absolute atomic E-state index is 12.8. The highest BCUT2D eigenvalue weighted by Gasteiger charge is 2.27. The van der Waals surface area contributed by atoms with Gasteiger partial charge in [-0.2, -0.15) is 0 Å². The van der Waals surface area contributed by atoms with E-state index >= 15 is 0 Å². The number of carbonyl (C=O) groups excluding carboxylic acids is 4. The number of methoxy groups -OCH3 is 1. The third-order valence-corrected chi connectivity index (χ3v) is 25.1. The monoisotopic (exact) mass is 1800 g/mol. The summed E-state index contributed by atoms with van der Waals surface area (Å²) in [4.78, 5) is 62.6. The van der Waals surface area contributed by atoms with Crippen LogP contribution in [0.3, 0.4) is 0 Å². The molecule has 10 aromatic carbocycles. The Hall–Kier alpha value is -10.4. The summed E-state index contributed by atoms with van der Waals surface area (Å²) < 4.78 is 5.77. The zero-order chi connectivity index (χ0) is 95.7. The molecule has 13 rings (SSSR count). The molecule has 3 heterocycles. The van der Waals surface area contributed by atoms with Crippen LogP contribution >= 0.6 is 0 Å². The molecule has 3 aliphatic rings. The lowest BCUT2D eigenvalue weighted by Crippen LogP contribution is -2.45. The van der Waals surface area contributed by atoms with Crippen molar-refractivity contribution in [1.82, 2.24) is 51.1 Å². The number of rotatable bonds is 39. The molecule has 0 aromatic heterocycles. The Morgan fingerprint density at radius 3 is 1.20 bits per heavy atom. The van der Waals surface area contributed by atoms with E-state index in [0.717, 1.165) is 174 Å². The van der Waals surface area contributed by atoms with Gasteiger partial charge in [0.25, 0.3) is 23.6 Å². The van der Waals surface area contributed by atoms with Crippen LogP contribution in [0.5, 0.6) is 5.75 Å². The maximum Gasteiger partial charge on any atom is 0.251 e. The summed E-state index contributed by atoms with van der Waals surface area (Å²) >= 11 is 0. The summed E-state index contributed by atoms with van der Waals surface area (Å²) in [6.45, 7) is 43.8. The molecule has 4 amide bonds. The number of hydrogen-bond donors (Lipinski definition) is 5. The highest BCUT2D eigenvalue weighted by molar-refractivity contribution is 5.98. The number of likely N-dealkylation sites (tertiary alicyclic amines) is 2. The van der Waals surface area contributed by atoms with E-state index in [1.165, 1.54) is 75.8 Å². The van der Waals surface area contributed by atoms with Crippen molar-refractivity contribution in [2.75, 3.05) is 114 Å². The smallest absolute Gasteiger partial charge is 0.251 e.